The maximum atomic E-state index is 12.1. The molecule has 0 aliphatic heterocycles. The van der Waals surface area contributed by atoms with Gasteiger partial charge in [-0.05, 0) is 56.0 Å². The number of hydrogen-bond acceptors (Lipinski definition) is 1. The molecule has 0 fully saturated rings. The highest BCUT2D eigenvalue weighted by molar-refractivity contribution is 5.93. The van der Waals surface area contributed by atoms with Gasteiger partial charge in [-0.2, -0.15) is 0 Å². The van der Waals surface area contributed by atoms with Crippen molar-refractivity contribution in [1.29, 1.82) is 0 Å². The topological polar surface area (TPSA) is 29.1 Å². The van der Waals surface area contributed by atoms with Gasteiger partial charge in [-0.25, -0.2) is 0 Å². The highest BCUT2D eigenvalue weighted by atomic mass is 16.1. The van der Waals surface area contributed by atoms with E-state index in [1.165, 1.54) is 16.7 Å². The molecule has 1 N–H and O–H groups in total. The van der Waals surface area contributed by atoms with E-state index in [2.05, 4.69) is 37.4 Å². The maximum absolute atomic E-state index is 12.1. The first-order valence-corrected chi connectivity index (χ1v) is 6.89. The van der Waals surface area contributed by atoms with Crippen molar-refractivity contribution in [2.75, 3.05) is 5.32 Å². The first-order valence-electron chi connectivity index (χ1n) is 6.89. The Kier molecular flexibility index (Phi) is 4.23. The Bertz CT molecular complexity index is 644. The molecule has 2 rings (SSSR count). The van der Waals surface area contributed by atoms with Crippen molar-refractivity contribution in [1.82, 2.24) is 0 Å². The maximum Gasteiger partial charge on any atom is 0.228 e. The van der Waals surface area contributed by atoms with Crippen LogP contribution < -0.4 is 5.32 Å². The van der Waals surface area contributed by atoms with E-state index >= 15 is 0 Å². The summed E-state index contributed by atoms with van der Waals surface area (Å²) in [6.07, 6.45) is 0.411. The van der Waals surface area contributed by atoms with Gasteiger partial charge in [-0.15, -0.1) is 0 Å². The smallest absolute Gasteiger partial charge is 0.228 e. The molecule has 2 heteroatoms. The third kappa shape index (κ3) is 3.47. The van der Waals surface area contributed by atoms with E-state index in [9.17, 15) is 4.79 Å². The Morgan fingerprint density at radius 2 is 1.65 bits per heavy atom. The second-order valence-corrected chi connectivity index (χ2v) is 5.46. The van der Waals surface area contributed by atoms with Gasteiger partial charge in [0.15, 0.2) is 0 Å². The molecule has 1 amide bonds. The van der Waals surface area contributed by atoms with E-state index in [1.54, 1.807) is 0 Å². The molecule has 0 bridgehead atoms. The molecule has 20 heavy (non-hydrogen) atoms. The zero-order chi connectivity index (χ0) is 14.7. The van der Waals surface area contributed by atoms with Crippen molar-refractivity contribution in [3.8, 4) is 0 Å². The number of rotatable bonds is 3. The molecule has 2 aromatic carbocycles. The highest BCUT2D eigenvalue weighted by Gasteiger charge is 2.07. The average molecular weight is 267 g/mol. The van der Waals surface area contributed by atoms with Crippen LogP contribution >= 0.6 is 0 Å². The molecule has 0 saturated heterocycles. The summed E-state index contributed by atoms with van der Waals surface area (Å²) in [6, 6.07) is 12.2. The summed E-state index contributed by atoms with van der Waals surface area (Å²) in [5.74, 6) is 0.0280. The zero-order valence-electron chi connectivity index (χ0n) is 12.6. The zero-order valence-corrected chi connectivity index (χ0v) is 12.6. The van der Waals surface area contributed by atoms with Crippen LogP contribution in [0, 0.1) is 27.7 Å². The third-order valence-electron chi connectivity index (χ3n) is 3.59. The SMILES string of the molecule is Cc1ccc(NC(=O)Cc2ccc(C)c(C)c2)c(C)c1. The Morgan fingerprint density at radius 3 is 2.30 bits per heavy atom. The summed E-state index contributed by atoms with van der Waals surface area (Å²) in [4.78, 5) is 12.1. The lowest BCUT2D eigenvalue weighted by Crippen LogP contribution is -2.15. The van der Waals surface area contributed by atoms with Crippen LogP contribution in [0.5, 0.6) is 0 Å². The second kappa shape index (κ2) is 5.91. The highest BCUT2D eigenvalue weighted by Crippen LogP contribution is 2.17. The normalized spacial score (nSPS) is 10.4. The van der Waals surface area contributed by atoms with Crippen molar-refractivity contribution in [3.05, 3.63) is 64.2 Å². The quantitative estimate of drug-likeness (QED) is 0.891. The van der Waals surface area contributed by atoms with Crippen LogP contribution in [0.2, 0.25) is 0 Å². The number of carbonyl (C=O) groups excluding carboxylic acids is 1. The summed E-state index contributed by atoms with van der Waals surface area (Å²) in [5.41, 5.74) is 6.72. The minimum absolute atomic E-state index is 0.0280. The van der Waals surface area contributed by atoms with E-state index in [1.807, 2.05) is 32.0 Å². The van der Waals surface area contributed by atoms with Crippen LogP contribution in [-0.2, 0) is 11.2 Å². The molecule has 0 aliphatic carbocycles. The standard InChI is InChI=1S/C18H21NO/c1-12-5-8-17(15(4)9-12)19-18(20)11-16-7-6-13(2)14(3)10-16/h5-10H,11H2,1-4H3,(H,19,20). The predicted molar refractivity (Wildman–Crippen MR) is 84.2 cm³/mol. The Morgan fingerprint density at radius 1 is 0.900 bits per heavy atom. The average Bonchev–Trinajstić information content (AvgIpc) is 2.37. The van der Waals surface area contributed by atoms with E-state index in [4.69, 9.17) is 0 Å². The summed E-state index contributed by atoms with van der Waals surface area (Å²) >= 11 is 0. The number of nitrogens with one attached hydrogen (secondary N) is 1. The fraction of sp³-hybridized carbons (Fsp3) is 0.278. The molecule has 2 nitrogen and oxygen atoms in total. The van der Waals surface area contributed by atoms with Crippen LogP contribution in [0.4, 0.5) is 5.69 Å². The number of aryl methyl sites for hydroxylation is 4. The van der Waals surface area contributed by atoms with Crippen molar-refractivity contribution in [2.24, 2.45) is 0 Å². The minimum Gasteiger partial charge on any atom is -0.326 e. The lowest BCUT2D eigenvalue weighted by molar-refractivity contribution is -0.115. The molecular formula is C18H21NO. The molecule has 0 spiro atoms. The summed E-state index contributed by atoms with van der Waals surface area (Å²) in [5, 5.41) is 2.98. The van der Waals surface area contributed by atoms with Gasteiger partial charge in [0.25, 0.3) is 0 Å². The molecule has 0 saturated carbocycles. The third-order valence-corrected chi connectivity index (χ3v) is 3.59. The fourth-order valence-electron chi connectivity index (χ4n) is 2.25. The molecule has 0 radical (unpaired) electrons. The Balaban J connectivity index is 2.07. The van der Waals surface area contributed by atoms with Crippen LogP contribution in [-0.4, -0.2) is 5.91 Å². The van der Waals surface area contributed by atoms with E-state index in [0.29, 0.717) is 6.42 Å². The molecule has 2 aromatic rings. The van der Waals surface area contributed by atoms with Crippen LogP contribution in [0.25, 0.3) is 0 Å². The van der Waals surface area contributed by atoms with E-state index in [0.717, 1.165) is 16.8 Å². The predicted octanol–water partition coefficient (Wildman–Crippen LogP) is 4.10. The molecule has 0 aromatic heterocycles. The lowest BCUT2D eigenvalue weighted by Gasteiger charge is -2.10. The summed E-state index contributed by atoms with van der Waals surface area (Å²) in [6.45, 7) is 8.21. The number of hydrogen-bond donors (Lipinski definition) is 1. The molecule has 0 unspecified atom stereocenters. The fourth-order valence-corrected chi connectivity index (χ4v) is 2.25. The van der Waals surface area contributed by atoms with Crippen LogP contribution in [0.15, 0.2) is 36.4 Å². The van der Waals surface area contributed by atoms with Crippen molar-refractivity contribution in [2.45, 2.75) is 34.1 Å². The number of amides is 1. The van der Waals surface area contributed by atoms with E-state index in [-0.39, 0.29) is 5.91 Å². The Hall–Kier alpha value is -2.09. The first kappa shape index (κ1) is 14.3. The number of anilines is 1. The van der Waals surface area contributed by atoms with Gasteiger partial charge in [0.1, 0.15) is 0 Å². The van der Waals surface area contributed by atoms with E-state index < -0.39 is 0 Å². The van der Waals surface area contributed by atoms with Crippen LogP contribution in [0.3, 0.4) is 0 Å². The second-order valence-electron chi connectivity index (χ2n) is 5.46. The molecule has 104 valence electrons. The van der Waals surface area contributed by atoms with Crippen molar-refractivity contribution < 1.29 is 4.79 Å². The molecule has 0 heterocycles. The number of benzene rings is 2. The van der Waals surface area contributed by atoms with Gasteiger partial charge in [0, 0.05) is 5.69 Å². The van der Waals surface area contributed by atoms with Gasteiger partial charge in [-0.3, -0.25) is 4.79 Å². The monoisotopic (exact) mass is 267 g/mol. The van der Waals surface area contributed by atoms with Gasteiger partial charge in [-0.1, -0.05) is 35.9 Å². The van der Waals surface area contributed by atoms with Crippen LogP contribution in [0.1, 0.15) is 27.8 Å². The summed E-state index contributed by atoms with van der Waals surface area (Å²) in [7, 11) is 0. The van der Waals surface area contributed by atoms with Gasteiger partial charge >= 0.3 is 0 Å². The molecule has 0 aliphatic rings. The lowest BCUT2D eigenvalue weighted by atomic mass is 10.0. The number of carbonyl (C=O) groups is 1. The first-order chi connectivity index (χ1) is 9.45. The Labute approximate surface area is 120 Å². The van der Waals surface area contributed by atoms with Crippen molar-refractivity contribution in [3.63, 3.8) is 0 Å². The summed E-state index contributed by atoms with van der Waals surface area (Å²) < 4.78 is 0. The van der Waals surface area contributed by atoms with Crippen molar-refractivity contribution >= 4 is 11.6 Å². The minimum atomic E-state index is 0.0280. The largest absolute Gasteiger partial charge is 0.326 e. The van der Waals surface area contributed by atoms with Gasteiger partial charge < -0.3 is 5.32 Å². The molecular weight excluding hydrogens is 246 g/mol. The van der Waals surface area contributed by atoms with Gasteiger partial charge in [0.2, 0.25) is 5.91 Å². The van der Waals surface area contributed by atoms with Gasteiger partial charge in [0.05, 0.1) is 6.42 Å². The molecule has 0 atom stereocenters.